The first kappa shape index (κ1) is 12.8. The van der Waals surface area contributed by atoms with E-state index in [1.54, 1.807) is 0 Å². The molecule has 0 radical (unpaired) electrons. The van der Waals surface area contributed by atoms with Gasteiger partial charge in [-0.3, -0.25) is 4.79 Å². The summed E-state index contributed by atoms with van der Waals surface area (Å²) in [6.45, 7) is 10.3. The molecule has 0 aromatic carbocycles. The number of nitrogens with zero attached hydrogens (tertiary/aromatic N) is 1. The molecule has 1 aliphatic heterocycles. The van der Waals surface area contributed by atoms with Crippen LogP contribution >= 0.6 is 0 Å². The van der Waals surface area contributed by atoms with E-state index in [0.29, 0.717) is 0 Å². The largest absolute Gasteiger partial charge is 0.362 e. The molecule has 96 valence electrons. The second-order valence-corrected chi connectivity index (χ2v) is 4.98. The van der Waals surface area contributed by atoms with Gasteiger partial charge in [0.15, 0.2) is 0 Å². The lowest BCUT2D eigenvalue weighted by Crippen LogP contribution is -2.06. The van der Waals surface area contributed by atoms with Gasteiger partial charge in [-0.15, -0.1) is 0 Å². The van der Waals surface area contributed by atoms with Gasteiger partial charge in [0.25, 0.3) is 5.91 Å². The van der Waals surface area contributed by atoms with Crippen LogP contribution in [0.2, 0.25) is 0 Å². The molecule has 3 nitrogen and oxygen atoms in total. The van der Waals surface area contributed by atoms with Crippen LogP contribution in [0.5, 0.6) is 0 Å². The molecule has 0 spiro atoms. The Labute approximate surface area is 108 Å². The van der Waals surface area contributed by atoms with E-state index in [-0.39, 0.29) is 5.91 Å². The minimum Gasteiger partial charge on any atom is -0.362 e. The number of H-pyrrole nitrogens is 1. The van der Waals surface area contributed by atoms with Gasteiger partial charge in [0, 0.05) is 23.4 Å². The first-order valence-electron chi connectivity index (χ1n) is 6.42. The van der Waals surface area contributed by atoms with Gasteiger partial charge in [-0.05, 0) is 50.8 Å². The minimum absolute atomic E-state index is 0.0699. The molecule has 1 aliphatic rings. The van der Waals surface area contributed by atoms with Crippen LogP contribution in [0.4, 0.5) is 0 Å². The Morgan fingerprint density at radius 3 is 2.28 bits per heavy atom. The van der Waals surface area contributed by atoms with Gasteiger partial charge >= 0.3 is 0 Å². The first-order valence-corrected chi connectivity index (χ1v) is 6.42. The van der Waals surface area contributed by atoms with Crippen LogP contribution in [-0.4, -0.2) is 16.6 Å². The van der Waals surface area contributed by atoms with Crippen LogP contribution < -0.4 is 0 Å². The van der Waals surface area contributed by atoms with Gasteiger partial charge in [0.2, 0.25) is 0 Å². The number of aryl methyl sites for hydroxylation is 1. The highest BCUT2D eigenvalue weighted by atomic mass is 16.1. The highest BCUT2D eigenvalue weighted by Crippen LogP contribution is 2.24. The van der Waals surface area contributed by atoms with Crippen molar-refractivity contribution in [2.45, 2.75) is 47.5 Å². The van der Waals surface area contributed by atoms with Gasteiger partial charge in [-0.25, -0.2) is 4.99 Å². The SMILES string of the molecule is CCC1=C(C)C(=O)N=C1Cc1[nH]c(C)c(C)c1C. The molecule has 0 fully saturated rings. The van der Waals surface area contributed by atoms with Crippen molar-refractivity contribution in [2.24, 2.45) is 4.99 Å². The number of carbonyl (C=O) groups is 1. The zero-order valence-electron chi connectivity index (χ0n) is 11.8. The molecule has 2 rings (SSSR count). The van der Waals surface area contributed by atoms with Crippen LogP contribution in [-0.2, 0) is 11.2 Å². The number of carbonyl (C=O) groups excluding carboxylic acids is 1. The molecule has 0 saturated heterocycles. The van der Waals surface area contributed by atoms with Gasteiger partial charge in [-0.2, -0.15) is 0 Å². The Kier molecular flexibility index (Phi) is 3.24. The molecule has 1 aromatic rings. The van der Waals surface area contributed by atoms with Crippen molar-refractivity contribution in [1.29, 1.82) is 0 Å². The molecule has 0 atom stereocenters. The van der Waals surface area contributed by atoms with Gasteiger partial charge < -0.3 is 4.98 Å². The number of aliphatic imine (C=N–C) groups is 1. The summed E-state index contributed by atoms with van der Waals surface area (Å²) >= 11 is 0. The molecule has 0 aliphatic carbocycles. The summed E-state index contributed by atoms with van der Waals surface area (Å²) in [6.07, 6.45) is 1.60. The summed E-state index contributed by atoms with van der Waals surface area (Å²) < 4.78 is 0. The summed E-state index contributed by atoms with van der Waals surface area (Å²) in [4.78, 5) is 19.2. The third-order valence-electron chi connectivity index (χ3n) is 3.97. The van der Waals surface area contributed by atoms with Crippen molar-refractivity contribution in [2.75, 3.05) is 0 Å². The average Bonchev–Trinajstić information content (AvgIpc) is 2.73. The van der Waals surface area contributed by atoms with Crippen LogP contribution in [0.1, 0.15) is 42.8 Å². The van der Waals surface area contributed by atoms with Crippen LogP contribution in [0.3, 0.4) is 0 Å². The fourth-order valence-electron chi connectivity index (χ4n) is 2.50. The van der Waals surface area contributed by atoms with Crippen LogP contribution in [0, 0.1) is 20.8 Å². The van der Waals surface area contributed by atoms with Gasteiger partial charge in [-0.1, -0.05) is 6.92 Å². The third-order valence-corrected chi connectivity index (χ3v) is 3.97. The second kappa shape index (κ2) is 4.56. The number of amides is 1. The maximum atomic E-state index is 11.6. The number of aromatic nitrogens is 1. The molecule has 1 amide bonds. The van der Waals surface area contributed by atoms with Crippen molar-refractivity contribution in [1.82, 2.24) is 4.98 Å². The Morgan fingerprint density at radius 2 is 1.78 bits per heavy atom. The molecule has 0 unspecified atom stereocenters. The topological polar surface area (TPSA) is 45.2 Å². The zero-order chi connectivity index (χ0) is 13.4. The smallest absolute Gasteiger partial charge is 0.273 e. The van der Waals surface area contributed by atoms with Gasteiger partial charge in [0.1, 0.15) is 0 Å². The van der Waals surface area contributed by atoms with E-state index in [0.717, 1.165) is 29.7 Å². The van der Waals surface area contributed by atoms with Crippen LogP contribution in [0.25, 0.3) is 0 Å². The molecular weight excluding hydrogens is 224 g/mol. The Hall–Kier alpha value is -1.64. The Balaban J connectivity index is 2.33. The molecule has 0 saturated carbocycles. The lowest BCUT2D eigenvalue weighted by atomic mass is 9.99. The Morgan fingerprint density at radius 1 is 1.11 bits per heavy atom. The van der Waals surface area contributed by atoms with Crippen molar-refractivity contribution in [3.05, 3.63) is 33.7 Å². The van der Waals surface area contributed by atoms with E-state index in [4.69, 9.17) is 0 Å². The monoisotopic (exact) mass is 244 g/mol. The lowest BCUT2D eigenvalue weighted by molar-refractivity contribution is -0.114. The molecule has 2 heterocycles. The van der Waals surface area contributed by atoms with E-state index in [1.807, 2.05) is 6.92 Å². The van der Waals surface area contributed by atoms with E-state index >= 15 is 0 Å². The zero-order valence-corrected chi connectivity index (χ0v) is 11.8. The molecule has 1 N–H and O–H groups in total. The van der Waals surface area contributed by atoms with E-state index in [1.165, 1.54) is 22.5 Å². The number of hydrogen-bond acceptors (Lipinski definition) is 1. The predicted octanol–water partition coefficient (Wildman–Crippen LogP) is 3.19. The number of nitrogens with one attached hydrogen (secondary N) is 1. The third kappa shape index (κ3) is 1.94. The Bertz CT molecular complexity index is 574. The maximum Gasteiger partial charge on any atom is 0.273 e. The summed E-state index contributed by atoms with van der Waals surface area (Å²) in [6, 6.07) is 0. The fraction of sp³-hybridized carbons (Fsp3) is 0.467. The standard InChI is InChI=1S/C15H20N2O/c1-6-12-10(4)15(18)17-14(12)7-13-9(3)8(2)11(5)16-13/h16H,6-7H2,1-5H3. The van der Waals surface area contributed by atoms with Crippen molar-refractivity contribution >= 4 is 11.6 Å². The number of rotatable bonds is 3. The quantitative estimate of drug-likeness (QED) is 0.872. The van der Waals surface area contributed by atoms with E-state index < -0.39 is 0 Å². The minimum atomic E-state index is -0.0699. The molecular formula is C15H20N2O. The van der Waals surface area contributed by atoms with Crippen LogP contribution in [0.15, 0.2) is 16.1 Å². The van der Waals surface area contributed by atoms with Crippen molar-refractivity contribution in [3.63, 3.8) is 0 Å². The maximum absolute atomic E-state index is 11.6. The van der Waals surface area contributed by atoms with Crippen molar-refractivity contribution < 1.29 is 4.79 Å². The average molecular weight is 244 g/mol. The summed E-state index contributed by atoms with van der Waals surface area (Å²) in [5, 5.41) is 0. The van der Waals surface area contributed by atoms with E-state index in [2.05, 4.69) is 37.7 Å². The molecule has 0 bridgehead atoms. The van der Waals surface area contributed by atoms with Gasteiger partial charge in [0.05, 0.1) is 5.71 Å². The number of allylic oxidation sites excluding steroid dienone is 1. The second-order valence-electron chi connectivity index (χ2n) is 4.98. The molecule has 3 heteroatoms. The summed E-state index contributed by atoms with van der Waals surface area (Å²) in [7, 11) is 0. The lowest BCUT2D eigenvalue weighted by Gasteiger charge is -2.05. The number of aromatic amines is 1. The van der Waals surface area contributed by atoms with E-state index in [9.17, 15) is 4.79 Å². The highest BCUT2D eigenvalue weighted by molar-refractivity contribution is 6.19. The van der Waals surface area contributed by atoms with Crippen molar-refractivity contribution in [3.8, 4) is 0 Å². The first-order chi connectivity index (χ1) is 8.45. The summed E-state index contributed by atoms with van der Waals surface area (Å²) in [5.41, 5.74) is 7.82. The summed E-state index contributed by atoms with van der Waals surface area (Å²) in [5.74, 6) is -0.0699. The normalized spacial score (nSPS) is 15.6. The highest BCUT2D eigenvalue weighted by Gasteiger charge is 2.23. The molecule has 18 heavy (non-hydrogen) atoms. The number of hydrogen-bond donors (Lipinski definition) is 1. The fourth-order valence-corrected chi connectivity index (χ4v) is 2.50. The molecule has 1 aromatic heterocycles. The predicted molar refractivity (Wildman–Crippen MR) is 74.1 cm³/mol.